The number of rotatable bonds is 14. The summed E-state index contributed by atoms with van der Waals surface area (Å²) >= 11 is 0. The molecule has 0 fully saturated rings. The van der Waals surface area contributed by atoms with Gasteiger partial charge in [0.15, 0.2) is 17.2 Å². The standard InChI is InChI=1S/C37H31F2N3O12/c1-20-14-32-27(17-29(20)38)37(28-18-30(39)34(52-21(2)43)19-33(28)53-32)26-15-23(6-8-25(26)36(45)54-37)35(44)40-9-11-51-13-12-50-10-3-4-22-5-7-24(41(46)47)16-31(22)42(48)49/h5-8,14-19H,3-4,9-13H2,1-2H3,(H,40,44). The highest BCUT2D eigenvalue weighted by molar-refractivity contribution is 6.00. The molecule has 1 amide bonds. The van der Waals surface area contributed by atoms with Gasteiger partial charge in [-0.05, 0) is 67.8 Å². The molecule has 54 heavy (non-hydrogen) atoms. The first kappa shape index (κ1) is 37.4. The van der Waals surface area contributed by atoms with Crippen molar-refractivity contribution < 1.29 is 56.7 Å². The van der Waals surface area contributed by atoms with Crippen LogP contribution in [0.15, 0.2) is 60.7 Å². The number of ether oxygens (including phenoxy) is 5. The Kier molecular flexibility index (Phi) is 10.6. The van der Waals surface area contributed by atoms with Crippen LogP contribution >= 0.6 is 0 Å². The SMILES string of the molecule is CC(=O)Oc1cc2c(cc1F)C1(OC(=O)c3ccc(C(=O)NCCOCCOCCCc4ccc([N+](=O)[O-])cc4[N+](=O)[O-])cc31)c1cc(F)c(C)cc1O2. The maximum Gasteiger partial charge on any atom is 0.340 e. The molecule has 0 aromatic heterocycles. The fourth-order valence-corrected chi connectivity index (χ4v) is 6.28. The van der Waals surface area contributed by atoms with Crippen LogP contribution in [-0.2, 0) is 31.0 Å². The minimum Gasteiger partial charge on any atom is -0.456 e. The van der Waals surface area contributed by atoms with Crippen molar-refractivity contribution in [2.75, 3.05) is 33.0 Å². The zero-order valence-corrected chi connectivity index (χ0v) is 28.8. The van der Waals surface area contributed by atoms with E-state index in [1.165, 1.54) is 43.3 Å². The zero-order chi connectivity index (χ0) is 38.7. The maximum atomic E-state index is 15.3. The first-order valence-electron chi connectivity index (χ1n) is 16.5. The Morgan fingerprint density at radius 2 is 1.56 bits per heavy atom. The number of amides is 1. The van der Waals surface area contributed by atoms with E-state index in [2.05, 4.69) is 5.32 Å². The van der Waals surface area contributed by atoms with Crippen molar-refractivity contribution >= 4 is 29.2 Å². The van der Waals surface area contributed by atoms with Gasteiger partial charge in [-0.25, -0.2) is 13.6 Å². The molecule has 6 rings (SSSR count). The van der Waals surface area contributed by atoms with Crippen LogP contribution in [0, 0.1) is 38.8 Å². The van der Waals surface area contributed by atoms with Crippen molar-refractivity contribution in [3.05, 3.63) is 131 Å². The molecule has 0 radical (unpaired) electrons. The average molecular weight is 748 g/mol. The number of non-ortho nitro benzene ring substituents is 1. The van der Waals surface area contributed by atoms with E-state index < -0.39 is 50.7 Å². The van der Waals surface area contributed by atoms with E-state index in [-0.39, 0.29) is 95.6 Å². The third kappa shape index (κ3) is 7.31. The average Bonchev–Trinajstić information content (AvgIpc) is 3.42. The van der Waals surface area contributed by atoms with Crippen molar-refractivity contribution in [2.45, 2.75) is 32.3 Å². The highest BCUT2D eigenvalue weighted by atomic mass is 19.1. The van der Waals surface area contributed by atoms with Crippen LogP contribution < -0.4 is 14.8 Å². The van der Waals surface area contributed by atoms with Crippen molar-refractivity contribution in [3.8, 4) is 17.2 Å². The predicted molar refractivity (Wildman–Crippen MR) is 183 cm³/mol. The van der Waals surface area contributed by atoms with E-state index in [1.807, 2.05) is 0 Å². The fraction of sp³-hybridized carbons (Fsp3) is 0.270. The fourth-order valence-electron chi connectivity index (χ4n) is 6.28. The summed E-state index contributed by atoms with van der Waals surface area (Å²) in [6, 6.07) is 12.4. The lowest BCUT2D eigenvalue weighted by Crippen LogP contribution is -2.34. The molecule has 280 valence electrons. The molecule has 0 aliphatic carbocycles. The van der Waals surface area contributed by atoms with Gasteiger partial charge in [0.05, 0.1) is 52.4 Å². The van der Waals surface area contributed by atoms with Crippen LogP contribution in [0.25, 0.3) is 0 Å². The van der Waals surface area contributed by atoms with Crippen LogP contribution in [0.3, 0.4) is 0 Å². The Bertz CT molecular complexity index is 2210. The van der Waals surface area contributed by atoms with Crippen molar-refractivity contribution in [2.24, 2.45) is 0 Å². The summed E-state index contributed by atoms with van der Waals surface area (Å²) < 4.78 is 58.4. The first-order chi connectivity index (χ1) is 25.8. The number of halogens is 2. The summed E-state index contributed by atoms with van der Waals surface area (Å²) in [5, 5.41) is 24.9. The molecule has 2 aliphatic rings. The van der Waals surface area contributed by atoms with E-state index in [0.717, 1.165) is 31.2 Å². The second-order valence-corrected chi connectivity index (χ2v) is 12.3. The number of fused-ring (bicyclic) bond motifs is 6. The van der Waals surface area contributed by atoms with Gasteiger partial charge in [-0.15, -0.1) is 0 Å². The number of hydrogen-bond acceptors (Lipinski definition) is 12. The van der Waals surface area contributed by atoms with E-state index in [0.29, 0.717) is 12.0 Å². The Morgan fingerprint density at radius 3 is 2.26 bits per heavy atom. The minimum absolute atomic E-state index is 0.0143. The molecule has 1 unspecified atom stereocenters. The molecule has 0 saturated heterocycles. The molecule has 0 bridgehead atoms. The third-order valence-corrected chi connectivity index (χ3v) is 8.77. The number of aryl methyl sites for hydroxylation is 2. The van der Waals surface area contributed by atoms with Crippen LogP contribution in [0.1, 0.15) is 61.9 Å². The lowest BCUT2D eigenvalue weighted by Gasteiger charge is -2.37. The molecule has 2 heterocycles. The topological polar surface area (TPSA) is 196 Å². The highest BCUT2D eigenvalue weighted by Crippen LogP contribution is 2.57. The summed E-state index contributed by atoms with van der Waals surface area (Å²) in [5.74, 6) is -4.08. The number of nitro benzene ring substituents is 2. The molecule has 1 atom stereocenters. The highest BCUT2D eigenvalue weighted by Gasteiger charge is 2.54. The molecule has 0 saturated carbocycles. The molecule has 4 aromatic rings. The number of carbonyl (C=O) groups is 3. The molecule has 15 nitrogen and oxygen atoms in total. The zero-order valence-electron chi connectivity index (χ0n) is 28.8. The largest absolute Gasteiger partial charge is 0.456 e. The second-order valence-electron chi connectivity index (χ2n) is 12.3. The Morgan fingerprint density at radius 1 is 0.852 bits per heavy atom. The van der Waals surface area contributed by atoms with Gasteiger partial charge < -0.3 is 29.0 Å². The van der Waals surface area contributed by atoms with Gasteiger partial charge in [0.25, 0.3) is 17.3 Å². The maximum absolute atomic E-state index is 15.3. The van der Waals surface area contributed by atoms with Gasteiger partial charge in [-0.1, -0.05) is 0 Å². The second kappa shape index (κ2) is 15.3. The van der Waals surface area contributed by atoms with E-state index >= 15 is 8.78 Å². The quantitative estimate of drug-likeness (QED) is 0.0522. The summed E-state index contributed by atoms with van der Waals surface area (Å²) in [5.41, 5.74) is -1.67. The summed E-state index contributed by atoms with van der Waals surface area (Å²) in [6.45, 7) is 3.45. The van der Waals surface area contributed by atoms with Crippen molar-refractivity contribution in [1.29, 1.82) is 0 Å². The van der Waals surface area contributed by atoms with Gasteiger partial charge in [0.1, 0.15) is 17.3 Å². The van der Waals surface area contributed by atoms with E-state index in [9.17, 15) is 34.6 Å². The number of nitrogens with one attached hydrogen (secondary N) is 1. The number of esters is 2. The normalized spacial score (nSPS) is 15.1. The van der Waals surface area contributed by atoms with Crippen LogP contribution in [-0.4, -0.2) is 60.7 Å². The third-order valence-electron chi connectivity index (χ3n) is 8.77. The molecule has 4 aromatic carbocycles. The monoisotopic (exact) mass is 747 g/mol. The van der Waals surface area contributed by atoms with E-state index in [1.54, 1.807) is 0 Å². The number of benzene rings is 4. The number of nitrogens with zero attached hydrogens (tertiary/aromatic N) is 2. The van der Waals surface area contributed by atoms with Gasteiger partial charge in [0.2, 0.25) is 0 Å². The molecular formula is C37H31F2N3O12. The predicted octanol–water partition coefficient (Wildman–Crippen LogP) is 5.98. The van der Waals surface area contributed by atoms with Gasteiger partial charge >= 0.3 is 11.9 Å². The lowest BCUT2D eigenvalue weighted by molar-refractivity contribution is -0.394. The van der Waals surface area contributed by atoms with Crippen molar-refractivity contribution in [3.63, 3.8) is 0 Å². The minimum atomic E-state index is -1.92. The molecule has 1 N–H and O–H groups in total. The van der Waals surface area contributed by atoms with Crippen LogP contribution in [0.2, 0.25) is 0 Å². The molecule has 17 heteroatoms. The first-order valence-corrected chi connectivity index (χ1v) is 16.5. The molecular weight excluding hydrogens is 716 g/mol. The van der Waals surface area contributed by atoms with Gasteiger partial charge in [0, 0.05) is 48.9 Å². The van der Waals surface area contributed by atoms with Crippen LogP contribution in [0.5, 0.6) is 17.2 Å². The summed E-state index contributed by atoms with van der Waals surface area (Å²) in [6.07, 6.45) is 0.707. The Hall–Kier alpha value is -6.33. The molecule has 2 aliphatic heterocycles. The number of carbonyl (C=O) groups excluding carboxylic acids is 3. The number of nitro groups is 2. The smallest absolute Gasteiger partial charge is 0.340 e. The number of hydrogen-bond donors (Lipinski definition) is 1. The Balaban J connectivity index is 1.08. The molecule has 1 spiro atoms. The summed E-state index contributed by atoms with van der Waals surface area (Å²) in [4.78, 5) is 59.0. The van der Waals surface area contributed by atoms with E-state index in [4.69, 9.17) is 23.7 Å². The Labute approximate surface area is 305 Å². The van der Waals surface area contributed by atoms with Crippen LogP contribution in [0.4, 0.5) is 20.2 Å². The van der Waals surface area contributed by atoms with Crippen molar-refractivity contribution in [1.82, 2.24) is 5.32 Å². The van der Waals surface area contributed by atoms with Gasteiger partial charge in [-0.2, -0.15) is 0 Å². The van der Waals surface area contributed by atoms with Gasteiger partial charge in [-0.3, -0.25) is 29.8 Å². The summed E-state index contributed by atoms with van der Waals surface area (Å²) in [7, 11) is 0. The lowest BCUT2D eigenvalue weighted by atomic mass is 9.77.